The second-order valence-electron chi connectivity index (χ2n) is 7.17. The third-order valence-electron chi connectivity index (χ3n) is 5.38. The molecule has 0 fully saturated rings. The fourth-order valence-electron chi connectivity index (χ4n) is 3.78. The lowest BCUT2D eigenvalue weighted by Gasteiger charge is -2.24. The quantitative estimate of drug-likeness (QED) is 0.462. The largest absolute Gasteiger partial charge is 0.467 e. The van der Waals surface area contributed by atoms with Crippen LogP contribution in [0.1, 0.15) is 32.7 Å². The molecule has 1 heterocycles. The van der Waals surface area contributed by atoms with Crippen LogP contribution in [0, 0.1) is 0 Å². The summed E-state index contributed by atoms with van der Waals surface area (Å²) in [6.45, 7) is 0. The Hall–Kier alpha value is -3.73. The van der Waals surface area contributed by atoms with Crippen molar-refractivity contribution in [1.29, 1.82) is 0 Å². The fraction of sp³-hybridized carbons (Fsp3) is 0.160. The highest BCUT2D eigenvalue weighted by Crippen LogP contribution is 2.27. The van der Waals surface area contributed by atoms with E-state index in [0.717, 1.165) is 21.6 Å². The first-order valence-electron chi connectivity index (χ1n) is 9.79. The van der Waals surface area contributed by atoms with Gasteiger partial charge in [0.25, 0.3) is 11.8 Å². The first kappa shape index (κ1) is 19.6. The Morgan fingerprint density at radius 2 is 1.33 bits per heavy atom. The summed E-state index contributed by atoms with van der Waals surface area (Å²) in [6, 6.07) is 23.8. The van der Waals surface area contributed by atoms with Crippen LogP contribution in [0.5, 0.6) is 0 Å². The van der Waals surface area contributed by atoms with Gasteiger partial charge < -0.3 is 4.74 Å². The van der Waals surface area contributed by atoms with Crippen LogP contribution >= 0.6 is 0 Å². The van der Waals surface area contributed by atoms with Crippen molar-refractivity contribution in [2.45, 2.75) is 18.9 Å². The smallest absolute Gasteiger partial charge is 0.329 e. The van der Waals surface area contributed by atoms with Crippen molar-refractivity contribution in [3.63, 3.8) is 0 Å². The maximum atomic E-state index is 12.8. The van der Waals surface area contributed by atoms with Crippen LogP contribution in [-0.4, -0.2) is 35.8 Å². The molecule has 0 saturated carbocycles. The average Bonchev–Trinajstić information content (AvgIpc) is 3.05. The SMILES string of the molecule is COC(=O)C(CCc1ccc(-c2ccccc2)cc1)N1C(=O)c2ccccc2C1=O. The number of hydrogen-bond acceptors (Lipinski definition) is 4. The molecule has 1 atom stereocenters. The molecule has 0 bridgehead atoms. The maximum Gasteiger partial charge on any atom is 0.329 e. The third kappa shape index (κ3) is 3.62. The van der Waals surface area contributed by atoms with Gasteiger partial charge in [-0.1, -0.05) is 66.7 Å². The van der Waals surface area contributed by atoms with E-state index in [-0.39, 0.29) is 0 Å². The zero-order chi connectivity index (χ0) is 21.1. The maximum absolute atomic E-state index is 12.8. The molecule has 1 unspecified atom stereocenters. The number of benzene rings is 3. The molecule has 4 rings (SSSR count). The summed E-state index contributed by atoms with van der Waals surface area (Å²) in [4.78, 5) is 39.0. The van der Waals surface area contributed by atoms with E-state index in [0.29, 0.717) is 24.0 Å². The summed E-state index contributed by atoms with van der Waals surface area (Å²) >= 11 is 0. The summed E-state index contributed by atoms with van der Waals surface area (Å²) in [6.07, 6.45) is 0.824. The lowest BCUT2D eigenvalue weighted by molar-refractivity contribution is -0.145. The average molecular weight is 399 g/mol. The van der Waals surface area contributed by atoms with Crippen molar-refractivity contribution in [2.75, 3.05) is 7.11 Å². The topological polar surface area (TPSA) is 63.7 Å². The van der Waals surface area contributed by atoms with Crippen LogP contribution < -0.4 is 0 Å². The van der Waals surface area contributed by atoms with E-state index in [1.54, 1.807) is 24.3 Å². The Bertz CT molecular complexity index is 1050. The standard InChI is InChI=1S/C25H21NO4/c1-30-25(29)22(26-23(27)20-9-5-6-10-21(20)24(26)28)16-13-17-11-14-19(15-12-17)18-7-3-2-4-8-18/h2-12,14-15,22H,13,16H2,1H3. The minimum atomic E-state index is -0.962. The highest BCUT2D eigenvalue weighted by atomic mass is 16.5. The second-order valence-corrected chi connectivity index (χ2v) is 7.17. The number of fused-ring (bicyclic) bond motifs is 1. The number of rotatable bonds is 6. The van der Waals surface area contributed by atoms with Crippen molar-refractivity contribution in [3.05, 3.63) is 95.6 Å². The molecule has 0 N–H and O–H groups in total. The predicted octanol–water partition coefficient (Wildman–Crippen LogP) is 4.12. The molecule has 3 aromatic carbocycles. The monoisotopic (exact) mass is 399 g/mol. The Balaban J connectivity index is 1.52. The van der Waals surface area contributed by atoms with Crippen LogP contribution in [0.15, 0.2) is 78.9 Å². The molecule has 2 amide bonds. The highest BCUT2D eigenvalue weighted by molar-refractivity contribution is 6.22. The second kappa shape index (κ2) is 8.33. The van der Waals surface area contributed by atoms with Crippen LogP contribution in [-0.2, 0) is 16.0 Å². The number of amides is 2. The lowest BCUT2D eigenvalue weighted by atomic mass is 10.00. The van der Waals surface area contributed by atoms with Crippen LogP contribution in [0.4, 0.5) is 0 Å². The molecule has 3 aromatic rings. The van der Waals surface area contributed by atoms with Gasteiger partial charge in [0.05, 0.1) is 18.2 Å². The molecule has 30 heavy (non-hydrogen) atoms. The number of aryl methyl sites for hydroxylation is 1. The number of carbonyl (C=O) groups excluding carboxylic acids is 3. The van der Waals surface area contributed by atoms with Crippen molar-refractivity contribution in [3.8, 4) is 11.1 Å². The van der Waals surface area contributed by atoms with E-state index in [2.05, 4.69) is 0 Å². The van der Waals surface area contributed by atoms with Crippen molar-refractivity contribution >= 4 is 17.8 Å². The Kier molecular flexibility index (Phi) is 5.44. The molecule has 0 saturated heterocycles. The van der Waals surface area contributed by atoms with Gasteiger partial charge in [-0.15, -0.1) is 0 Å². The fourth-order valence-corrected chi connectivity index (χ4v) is 3.78. The molecule has 0 aliphatic carbocycles. The zero-order valence-electron chi connectivity index (χ0n) is 16.6. The van der Waals surface area contributed by atoms with E-state index < -0.39 is 23.8 Å². The number of esters is 1. The summed E-state index contributed by atoms with van der Waals surface area (Å²) in [5, 5.41) is 0. The van der Waals surface area contributed by atoms with E-state index in [1.165, 1.54) is 7.11 Å². The molecule has 5 heteroatoms. The van der Waals surface area contributed by atoms with Crippen LogP contribution in [0.25, 0.3) is 11.1 Å². The van der Waals surface area contributed by atoms with Gasteiger partial charge in [0.15, 0.2) is 0 Å². The zero-order valence-corrected chi connectivity index (χ0v) is 16.6. The van der Waals surface area contributed by atoms with Gasteiger partial charge in [-0.05, 0) is 41.7 Å². The highest BCUT2D eigenvalue weighted by Gasteiger charge is 2.42. The molecular formula is C25H21NO4. The minimum Gasteiger partial charge on any atom is -0.467 e. The molecule has 1 aliphatic heterocycles. The van der Waals surface area contributed by atoms with Gasteiger partial charge in [-0.25, -0.2) is 4.79 Å². The van der Waals surface area contributed by atoms with Crippen molar-refractivity contribution in [1.82, 2.24) is 4.90 Å². The molecule has 0 radical (unpaired) electrons. The summed E-state index contributed by atoms with van der Waals surface area (Å²) in [5.41, 5.74) is 3.89. The number of nitrogens with zero attached hydrogens (tertiary/aromatic N) is 1. The van der Waals surface area contributed by atoms with E-state index in [4.69, 9.17) is 4.74 Å². The van der Waals surface area contributed by atoms with E-state index in [1.807, 2.05) is 54.6 Å². The van der Waals surface area contributed by atoms with Gasteiger partial charge >= 0.3 is 5.97 Å². The summed E-state index contributed by atoms with van der Waals surface area (Å²) in [5.74, 6) is -1.50. The number of methoxy groups -OCH3 is 1. The summed E-state index contributed by atoms with van der Waals surface area (Å²) in [7, 11) is 1.27. The Labute approximate surface area is 174 Å². The van der Waals surface area contributed by atoms with Gasteiger partial charge in [0.2, 0.25) is 0 Å². The first-order chi connectivity index (χ1) is 14.6. The van der Waals surface area contributed by atoms with Gasteiger partial charge in [0.1, 0.15) is 6.04 Å². The van der Waals surface area contributed by atoms with Gasteiger partial charge in [0, 0.05) is 0 Å². The molecule has 1 aliphatic rings. The number of hydrogen-bond donors (Lipinski definition) is 0. The summed E-state index contributed by atoms with van der Waals surface area (Å²) < 4.78 is 4.90. The normalized spacial score (nSPS) is 13.8. The van der Waals surface area contributed by atoms with Gasteiger partial charge in [-0.2, -0.15) is 0 Å². The minimum absolute atomic E-state index is 0.294. The van der Waals surface area contributed by atoms with E-state index >= 15 is 0 Å². The molecule has 150 valence electrons. The molecular weight excluding hydrogens is 378 g/mol. The first-order valence-corrected chi connectivity index (χ1v) is 9.79. The van der Waals surface area contributed by atoms with Crippen LogP contribution in [0.2, 0.25) is 0 Å². The number of imide groups is 1. The molecule has 0 spiro atoms. The predicted molar refractivity (Wildman–Crippen MR) is 113 cm³/mol. The van der Waals surface area contributed by atoms with Crippen molar-refractivity contribution < 1.29 is 19.1 Å². The van der Waals surface area contributed by atoms with E-state index in [9.17, 15) is 14.4 Å². The Morgan fingerprint density at radius 1 is 0.800 bits per heavy atom. The lowest BCUT2D eigenvalue weighted by Crippen LogP contribution is -2.45. The van der Waals surface area contributed by atoms with Crippen LogP contribution in [0.3, 0.4) is 0 Å². The number of carbonyl (C=O) groups is 3. The Morgan fingerprint density at radius 3 is 1.90 bits per heavy atom. The molecule has 0 aromatic heterocycles. The molecule has 5 nitrogen and oxygen atoms in total. The van der Waals surface area contributed by atoms with Crippen molar-refractivity contribution in [2.24, 2.45) is 0 Å². The third-order valence-corrected chi connectivity index (χ3v) is 5.38. The van der Waals surface area contributed by atoms with Gasteiger partial charge in [-0.3, -0.25) is 14.5 Å². The number of ether oxygens (including phenoxy) is 1.